The summed E-state index contributed by atoms with van der Waals surface area (Å²) in [4.78, 5) is 1.99. The quantitative estimate of drug-likeness (QED) is 0.823. The fourth-order valence-corrected chi connectivity index (χ4v) is 2.44. The molecule has 1 N–H and O–H groups in total. The first-order valence-corrected chi connectivity index (χ1v) is 6.85. The Balaban J connectivity index is 2.36. The van der Waals surface area contributed by atoms with Gasteiger partial charge in [-0.25, -0.2) is 0 Å². The number of hydrogen-bond acceptors (Lipinski definition) is 2. The number of nitrogens with zero attached hydrogens (tertiary/aromatic N) is 1. The summed E-state index contributed by atoms with van der Waals surface area (Å²) in [5, 5.41) is 3.31. The molecule has 2 unspecified atom stereocenters. The van der Waals surface area contributed by atoms with Crippen molar-refractivity contribution in [3.05, 3.63) is 0 Å². The van der Waals surface area contributed by atoms with Crippen molar-refractivity contribution >= 4 is 0 Å². The van der Waals surface area contributed by atoms with E-state index >= 15 is 0 Å². The number of piperidine rings is 1. The Labute approximate surface area is 108 Å². The van der Waals surface area contributed by atoms with Crippen LogP contribution in [0.5, 0.6) is 0 Å². The monoisotopic (exact) mass is 266 g/mol. The summed E-state index contributed by atoms with van der Waals surface area (Å²) in [6.07, 6.45) is -2.18. The molecule has 1 aliphatic heterocycles. The van der Waals surface area contributed by atoms with Crippen molar-refractivity contribution in [2.24, 2.45) is 5.92 Å². The molecule has 0 radical (unpaired) electrons. The lowest BCUT2D eigenvalue weighted by atomic mass is 9.96. The topological polar surface area (TPSA) is 15.3 Å². The second kappa shape index (κ2) is 6.75. The zero-order valence-electron chi connectivity index (χ0n) is 11.6. The molecule has 0 saturated carbocycles. The van der Waals surface area contributed by atoms with Crippen LogP contribution in [-0.2, 0) is 0 Å². The maximum absolute atomic E-state index is 12.7. The maximum atomic E-state index is 12.7. The molecule has 1 fully saturated rings. The van der Waals surface area contributed by atoms with Crippen molar-refractivity contribution in [2.75, 3.05) is 19.6 Å². The number of rotatable bonds is 5. The molecule has 1 saturated heterocycles. The van der Waals surface area contributed by atoms with Crippen LogP contribution in [0.2, 0.25) is 0 Å². The van der Waals surface area contributed by atoms with Crippen molar-refractivity contribution in [3.8, 4) is 0 Å². The fraction of sp³-hybridized carbons (Fsp3) is 1.00. The third-order valence-corrected chi connectivity index (χ3v) is 3.65. The van der Waals surface area contributed by atoms with E-state index in [0.29, 0.717) is 12.5 Å². The van der Waals surface area contributed by atoms with Crippen LogP contribution in [0.4, 0.5) is 13.2 Å². The molecule has 0 aliphatic carbocycles. The van der Waals surface area contributed by atoms with E-state index in [1.807, 2.05) is 11.8 Å². The highest BCUT2D eigenvalue weighted by Crippen LogP contribution is 2.33. The Bertz CT molecular complexity index is 241. The summed E-state index contributed by atoms with van der Waals surface area (Å²) in [6, 6.07) is 0.655. The second-order valence-electron chi connectivity index (χ2n) is 5.62. The number of nitrogens with one attached hydrogen (secondary N) is 1. The first-order chi connectivity index (χ1) is 8.30. The number of halogens is 3. The van der Waals surface area contributed by atoms with E-state index in [1.54, 1.807) is 0 Å². The molecule has 5 heteroatoms. The SMILES string of the molecule is CC(C)NCCC(C)N1CCCC(C(F)(F)F)C1. The molecule has 0 aromatic rings. The van der Waals surface area contributed by atoms with E-state index in [9.17, 15) is 13.2 Å². The summed E-state index contributed by atoms with van der Waals surface area (Å²) < 4.78 is 38.1. The molecule has 1 aliphatic rings. The molecule has 108 valence electrons. The summed E-state index contributed by atoms with van der Waals surface area (Å²) in [5.74, 6) is -1.13. The second-order valence-corrected chi connectivity index (χ2v) is 5.62. The highest BCUT2D eigenvalue weighted by atomic mass is 19.4. The number of hydrogen-bond donors (Lipinski definition) is 1. The summed E-state index contributed by atoms with van der Waals surface area (Å²) >= 11 is 0. The van der Waals surface area contributed by atoms with E-state index in [2.05, 4.69) is 19.2 Å². The Morgan fingerprint density at radius 3 is 2.50 bits per heavy atom. The lowest BCUT2D eigenvalue weighted by Gasteiger charge is -2.37. The standard InChI is InChI=1S/C13H25F3N2/c1-10(2)17-7-6-11(3)18-8-4-5-12(9-18)13(14,15)16/h10-12,17H,4-9H2,1-3H3. The third-order valence-electron chi connectivity index (χ3n) is 3.65. The van der Waals surface area contributed by atoms with Gasteiger partial charge in [0.1, 0.15) is 0 Å². The van der Waals surface area contributed by atoms with Crippen LogP contribution < -0.4 is 5.32 Å². The molecule has 0 aromatic carbocycles. The van der Waals surface area contributed by atoms with Crippen molar-refractivity contribution in [2.45, 2.75) is 58.3 Å². The Kier molecular flexibility index (Phi) is 5.92. The molecule has 2 nitrogen and oxygen atoms in total. The lowest BCUT2D eigenvalue weighted by Crippen LogP contribution is -2.46. The molecular formula is C13H25F3N2. The molecule has 0 spiro atoms. The fourth-order valence-electron chi connectivity index (χ4n) is 2.44. The van der Waals surface area contributed by atoms with Gasteiger partial charge in [-0.3, -0.25) is 0 Å². The molecule has 0 amide bonds. The molecule has 2 atom stereocenters. The highest BCUT2D eigenvalue weighted by Gasteiger charge is 2.42. The average molecular weight is 266 g/mol. The van der Waals surface area contributed by atoms with Crippen LogP contribution >= 0.6 is 0 Å². The molecular weight excluding hydrogens is 241 g/mol. The smallest absolute Gasteiger partial charge is 0.314 e. The molecule has 18 heavy (non-hydrogen) atoms. The van der Waals surface area contributed by atoms with Gasteiger partial charge < -0.3 is 10.2 Å². The van der Waals surface area contributed by atoms with Crippen LogP contribution in [0.3, 0.4) is 0 Å². The Morgan fingerprint density at radius 2 is 1.94 bits per heavy atom. The zero-order chi connectivity index (χ0) is 13.8. The molecule has 1 heterocycles. The lowest BCUT2D eigenvalue weighted by molar-refractivity contribution is -0.188. The van der Waals surface area contributed by atoms with Crippen LogP contribution in [0, 0.1) is 5.92 Å². The first kappa shape index (κ1) is 15.8. The van der Waals surface area contributed by atoms with Gasteiger partial charge in [-0.05, 0) is 39.3 Å². The normalized spacial score (nSPS) is 24.5. The highest BCUT2D eigenvalue weighted by molar-refractivity contribution is 4.81. The maximum Gasteiger partial charge on any atom is 0.393 e. The Hall–Kier alpha value is -0.290. The van der Waals surface area contributed by atoms with Gasteiger partial charge in [-0.2, -0.15) is 13.2 Å². The van der Waals surface area contributed by atoms with E-state index in [1.165, 1.54) is 0 Å². The third kappa shape index (κ3) is 5.14. The summed E-state index contributed by atoms with van der Waals surface area (Å²) in [5.41, 5.74) is 0. The van der Waals surface area contributed by atoms with E-state index in [0.717, 1.165) is 19.5 Å². The van der Waals surface area contributed by atoms with E-state index in [-0.39, 0.29) is 19.0 Å². The van der Waals surface area contributed by atoms with Crippen molar-refractivity contribution in [1.29, 1.82) is 0 Å². The summed E-state index contributed by atoms with van der Waals surface area (Å²) in [7, 11) is 0. The van der Waals surface area contributed by atoms with Gasteiger partial charge in [-0.1, -0.05) is 13.8 Å². The molecule has 0 bridgehead atoms. The number of likely N-dealkylation sites (tertiary alicyclic amines) is 1. The molecule has 0 aromatic heterocycles. The van der Waals surface area contributed by atoms with E-state index in [4.69, 9.17) is 0 Å². The van der Waals surface area contributed by atoms with Gasteiger partial charge in [0.15, 0.2) is 0 Å². The van der Waals surface area contributed by atoms with Crippen LogP contribution in [-0.4, -0.2) is 42.8 Å². The van der Waals surface area contributed by atoms with Crippen LogP contribution in [0.1, 0.15) is 40.0 Å². The first-order valence-electron chi connectivity index (χ1n) is 6.85. The van der Waals surface area contributed by atoms with Gasteiger partial charge in [0.05, 0.1) is 5.92 Å². The van der Waals surface area contributed by atoms with Gasteiger partial charge in [-0.15, -0.1) is 0 Å². The molecule has 1 rings (SSSR count). The minimum absolute atomic E-state index is 0.173. The zero-order valence-corrected chi connectivity index (χ0v) is 11.6. The summed E-state index contributed by atoms with van der Waals surface area (Å²) in [6.45, 7) is 8.02. The van der Waals surface area contributed by atoms with Gasteiger partial charge in [0.2, 0.25) is 0 Å². The van der Waals surface area contributed by atoms with Crippen LogP contribution in [0.15, 0.2) is 0 Å². The van der Waals surface area contributed by atoms with Gasteiger partial charge in [0, 0.05) is 18.6 Å². The Morgan fingerprint density at radius 1 is 1.28 bits per heavy atom. The number of alkyl halides is 3. The van der Waals surface area contributed by atoms with Crippen molar-refractivity contribution in [3.63, 3.8) is 0 Å². The predicted octanol–water partition coefficient (Wildman–Crippen LogP) is 3.04. The van der Waals surface area contributed by atoms with Crippen LogP contribution in [0.25, 0.3) is 0 Å². The predicted molar refractivity (Wildman–Crippen MR) is 67.6 cm³/mol. The van der Waals surface area contributed by atoms with Gasteiger partial charge in [0.25, 0.3) is 0 Å². The van der Waals surface area contributed by atoms with Crippen molar-refractivity contribution < 1.29 is 13.2 Å². The minimum Gasteiger partial charge on any atom is -0.314 e. The van der Waals surface area contributed by atoms with Crippen molar-refractivity contribution in [1.82, 2.24) is 10.2 Å². The average Bonchev–Trinajstić information content (AvgIpc) is 2.27. The van der Waals surface area contributed by atoms with Gasteiger partial charge >= 0.3 is 6.18 Å². The van der Waals surface area contributed by atoms with E-state index < -0.39 is 12.1 Å². The largest absolute Gasteiger partial charge is 0.393 e. The minimum atomic E-state index is -4.03.